The molecule has 20 heavy (non-hydrogen) atoms. The first-order valence-corrected chi connectivity index (χ1v) is 9.02. The second-order valence-electron chi connectivity index (χ2n) is 5.54. The zero-order valence-corrected chi connectivity index (χ0v) is 13.6. The highest BCUT2D eigenvalue weighted by molar-refractivity contribution is 7.99. The number of thioether (sulfide) groups is 1. The van der Waals surface area contributed by atoms with Crippen LogP contribution in [0.2, 0.25) is 0 Å². The highest BCUT2D eigenvalue weighted by atomic mass is 32.2. The normalized spacial score (nSPS) is 17.1. The Morgan fingerprint density at radius 3 is 2.80 bits per heavy atom. The van der Waals surface area contributed by atoms with E-state index in [9.17, 15) is 0 Å². The molecule has 0 atom stereocenters. The molecule has 0 bridgehead atoms. The Hall–Kier alpha value is -0.510. The van der Waals surface area contributed by atoms with Crippen LogP contribution in [-0.2, 0) is 6.42 Å². The van der Waals surface area contributed by atoms with Crippen LogP contribution in [-0.4, -0.2) is 43.4 Å². The van der Waals surface area contributed by atoms with Gasteiger partial charge in [0.15, 0.2) is 0 Å². The minimum absolute atomic E-state index is 1.16. The standard InChI is InChI=1S/C17H28N2S/c1-2-15-20-17-8-6-16(7-9-17)5-3-12-19-13-4-10-18-11-14-19/h6-9,18H,2-5,10-15H2,1H3. The molecule has 1 aliphatic heterocycles. The number of nitrogens with zero attached hydrogens (tertiary/aromatic N) is 1. The summed E-state index contributed by atoms with van der Waals surface area (Å²) in [5.74, 6) is 1.22. The lowest BCUT2D eigenvalue weighted by Crippen LogP contribution is -2.29. The summed E-state index contributed by atoms with van der Waals surface area (Å²) in [5.41, 5.74) is 1.48. The van der Waals surface area contributed by atoms with E-state index in [0.717, 1.165) is 6.54 Å². The molecule has 2 nitrogen and oxygen atoms in total. The Morgan fingerprint density at radius 2 is 2.00 bits per heavy atom. The fourth-order valence-corrected chi connectivity index (χ4v) is 3.37. The Kier molecular flexibility index (Phi) is 7.48. The molecule has 1 saturated heterocycles. The zero-order valence-electron chi connectivity index (χ0n) is 12.7. The molecule has 1 N–H and O–H groups in total. The van der Waals surface area contributed by atoms with Crippen molar-refractivity contribution in [2.75, 3.05) is 38.5 Å². The van der Waals surface area contributed by atoms with Crippen LogP contribution in [0.1, 0.15) is 31.7 Å². The first-order valence-electron chi connectivity index (χ1n) is 8.03. The highest BCUT2D eigenvalue weighted by Crippen LogP contribution is 2.19. The van der Waals surface area contributed by atoms with Crippen molar-refractivity contribution in [2.24, 2.45) is 0 Å². The molecular formula is C17H28N2S. The maximum atomic E-state index is 3.46. The lowest BCUT2D eigenvalue weighted by Gasteiger charge is -2.19. The Labute approximate surface area is 128 Å². The van der Waals surface area contributed by atoms with Gasteiger partial charge < -0.3 is 10.2 Å². The molecule has 1 aromatic carbocycles. The summed E-state index contributed by atoms with van der Waals surface area (Å²) in [7, 11) is 0. The predicted molar refractivity (Wildman–Crippen MR) is 89.7 cm³/mol. The third-order valence-electron chi connectivity index (χ3n) is 3.77. The van der Waals surface area contributed by atoms with E-state index in [0.29, 0.717) is 0 Å². The molecule has 2 rings (SSSR count). The van der Waals surface area contributed by atoms with Crippen molar-refractivity contribution in [3.05, 3.63) is 29.8 Å². The van der Waals surface area contributed by atoms with Crippen LogP contribution in [0.3, 0.4) is 0 Å². The summed E-state index contributed by atoms with van der Waals surface area (Å²) in [6.07, 6.45) is 5.03. The molecule has 3 heteroatoms. The molecule has 1 aromatic rings. The fraction of sp³-hybridized carbons (Fsp3) is 0.647. The molecule has 1 heterocycles. The minimum atomic E-state index is 1.16. The average molecular weight is 292 g/mol. The Bertz CT molecular complexity index is 356. The molecule has 0 aromatic heterocycles. The SMILES string of the molecule is CCCSc1ccc(CCCN2CCCNCC2)cc1. The van der Waals surface area contributed by atoms with Crippen LogP contribution in [0.15, 0.2) is 29.2 Å². The van der Waals surface area contributed by atoms with Crippen LogP contribution in [0.4, 0.5) is 0 Å². The first-order chi connectivity index (χ1) is 9.88. The molecule has 1 fully saturated rings. The van der Waals surface area contributed by atoms with Gasteiger partial charge in [0, 0.05) is 18.0 Å². The van der Waals surface area contributed by atoms with E-state index in [-0.39, 0.29) is 0 Å². The lowest BCUT2D eigenvalue weighted by atomic mass is 10.1. The smallest absolute Gasteiger partial charge is 0.0107 e. The summed E-state index contributed by atoms with van der Waals surface area (Å²) in [6, 6.07) is 9.18. The predicted octanol–water partition coefficient (Wildman–Crippen LogP) is 3.42. The van der Waals surface area contributed by atoms with Gasteiger partial charge in [0.2, 0.25) is 0 Å². The molecule has 0 saturated carbocycles. The van der Waals surface area contributed by atoms with E-state index in [1.54, 1.807) is 0 Å². The van der Waals surface area contributed by atoms with Crippen LogP contribution < -0.4 is 5.32 Å². The second kappa shape index (κ2) is 9.43. The maximum Gasteiger partial charge on any atom is 0.0107 e. The van der Waals surface area contributed by atoms with E-state index >= 15 is 0 Å². The van der Waals surface area contributed by atoms with Gasteiger partial charge in [-0.25, -0.2) is 0 Å². The second-order valence-corrected chi connectivity index (χ2v) is 6.71. The number of nitrogens with one attached hydrogen (secondary N) is 1. The Morgan fingerprint density at radius 1 is 1.15 bits per heavy atom. The molecule has 0 radical (unpaired) electrons. The quantitative estimate of drug-likeness (QED) is 0.775. The van der Waals surface area contributed by atoms with E-state index in [2.05, 4.69) is 41.4 Å². The highest BCUT2D eigenvalue weighted by Gasteiger charge is 2.07. The molecule has 0 unspecified atom stereocenters. The van der Waals surface area contributed by atoms with Gasteiger partial charge in [-0.3, -0.25) is 0 Å². The van der Waals surface area contributed by atoms with Gasteiger partial charge >= 0.3 is 0 Å². The van der Waals surface area contributed by atoms with Gasteiger partial charge in [-0.15, -0.1) is 11.8 Å². The van der Waals surface area contributed by atoms with Gasteiger partial charge in [-0.1, -0.05) is 19.1 Å². The summed E-state index contributed by atoms with van der Waals surface area (Å²) < 4.78 is 0. The molecule has 1 aliphatic rings. The lowest BCUT2D eigenvalue weighted by molar-refractivity contribution is 0.289. The summed E-state index contributed by atoms with van der Waals surface area (Å²) in [4.78, 5) is 4.01. The molecule has 0 spiro atoms. The molecule has 112 valence electrons. The van der Waals surface area contributed by atoms with Gasteiger partial charge in [0.25, 0.3) is 0 Å². The van der Waals surface area contributed by atoms with Gasteiger partial charge in [0.1, 0.15) is 0 Å². The number of benzene rings is 1. The van der Waals surface area contributed by atoms with Crippen molar-refractivity contribution in [3.63, 3.8) is 0 Å². The summed E-state index contributed by atoms with van der Waals surface area (Å²) >= 11 is 1.96. The number of rotatable bonds is 7. The van der Waals surface area contributed by atoms with Crippen LogP contribution >= 0.6 is 11.8 Å². The van der Waals surface area contributed by atoms with Crippen LogP contribution in [0, 0.1) is 0 Å². The Balaban J connectivity index is 1.68. The fourth-order valence-electron chi connectivity index (χ4n) is 2.60. The summed E-state index contributed by atoms with van der Waals surface area (Å²) in [5, 5.41) is 3.46. The first kappa shape index (κ1) is 15.9. The van der Waals surface area contributed by atoms with E-state index in [4.69, 9.17) is 0 Å². The third-order valence-corrected chi connectivity index (χ3v) is 4.99. The van der Waals surface area contributed by atoms with Crippen LogP contribution in [0.5, 0.6) is 0 Å². The van der Waals surface area contributed by atoms with Crippen LogP contribution in [0.25, 0.3) is 0 Å². The van der Waals surface area contributed by atoms with Gasteiger partial charge in [0.05, 0.1) is 0 Å². The maximum absolute atomic E-state index is 3.46. The van der Waals surface area contributed by atoms with Gasteiger partial charge in [-0.05, 0) is 68.8 Å². The summed E-state index contributed by atoms with van der Waals surface area (Å²) in [6.45, 7) is 8.30. The van der Waals surface area contributed by atoms with Crippen molar-refractivity contribution in [2.45, 2.75) is 37.5 Å². The monoisotopic (exact) mass is 292 g/mol. The topological polar surface area (TPSA) is 15.3 Å². The number of hydrogen-bond acceptors (Lipinski definition) is 3. The van der Waals surface area contributed by atoms with Crippen molar-refractivity contribution in [1.29, 1.82) is 0 Å². The number of hydrogen-bond donors (Lipinski definition) is 1. The van der Waals surface area contributed by atoms with Gasteiger partial charge in [-0.2, -0.15) is 0 Å². The van der Waals surface area contributed by atoms with Crippen molar-refractivity contribution < 1.29 is 0 Å². The van der Waals surface area contributed by atoms with E-state index in [1.165, 1.54) is 68.1 Å². The molecule has 0 amide bonds. The van der Waals surface area contributed by atoms with Crippen molar-refractivity contribution >= 4 is 11.8 Å². The number of aryl methyl sites for hydroxylation is 1. The molecular weight excluding hydrogens is 264 g/mol. The van der Waals surface area contributed by atoms with E-state index in [1.807, 2.05) is 11.8 Å². The third kappa shape index (κ3) is 5.86. The molecule has 0 aliphatic carbocycles. The zero-order chi connectivity index (χ0) is 14.0. The van der Waals surface area contributed by atoms with Crippen molar-refractivity contribution in [1.82, 2.24) is 10.2 Å². The minimum Gasteiger partial charge on any atom is -0.315 e. The van der Waals surface area contributed by atoms with E-state index < -0.39 is 0 Å². The van der Waals surface area contributed by atoms with Crippen molar-refractivity contribution in [3.8, 4) is 0 Å². The largest absolute Gasteiger partial charge is 0.315 e. The average Bonchev–Trinajstić information content (AvgIpc) is 2.75.